The maximum atomic E-state index is 6.15. The summed E-state index contributed by atoms with van der Waals surface area (Å²) in [6, 6.07) is 0.550. The number of nitrogens with zero attached hydrogens (tertiary/aromatic N) is 2. The van der Waals surface area contributed by atoms with Crippen molar-refractivity contribution in [2.24, 2.45) is 0 Å². The number of hydrogen-bond donors (Lipinski definition) is 1. The number of aromatic nitrogens is 2. The van der Waals surface area contributed by atoms with Crippen LogP contribution in [0, 0.1) is 0 Å². The summed E-state index contributed by atoms with van der Waals surface area (Å²) in [6.07, 6.45) is 10.6. The first-order valence-electron chi connectivity index (χ1n) is 9.38. The van der Waals surface area contributed by atoms with Crippen molar-refractivity contribution in [3.8, 4) is 0 Å². The van der Waals surface area contributed by atoms with Gasteiger partial charge >= 0.3 is 0 Å². The van der Waals surface area contributed by atoms with Gasteiger partial charge in [-0.05, 0) is 38.0 Å². The highest BCUT2D eigenvalue weighted by Crippen LogP contribution is 2.42. The minimum absolute atomic E-state index is 0.0682. The van der Waals surface area contributed by atoms with Crippen molar-refractivity contribution in [3.05, 3.63) is 10.4 Å². The summed E-state index contributed by atoms with van der Waals surface area (Å²) < 4.78 is 6.15. The van der Waals surface area contributed by atoms with Gasteiger partial charge in [0.05, 0.1) is 17.6 Å². The zero-order valence-electron chi connectivity index (χ0n) is 15.4. The van der Waals surface area contributed by atoms with Gasteiger partial charge in [-0.1, -0.05) is 37.9 Å². The van der Waals surface area contributed by atoms with Crippen LogP contribution in [-0.2, 0) is 17.8 Å². The lowest BCUT2D eigenvalue weighted by Crippen LogP contribution is -2.34. The fourth-order valence-electron chi connectivity index (χ4n) is 3.92. The van der Waals surface area contributed by atoms with E-state index in [0.29, 0.717) is 12.6 Å². The number of hydrogen-bond acceptors (Lipinski definition) is 6. The van der Waals surface area contributed by atoms with Crippen LogP contribution in [0.25, 0.3) is 10.2 Å². The van der Waals surface area contributed by atoms with Crippen LogP contribution < -0.4 is 5.32 Å². The van der Waals surface area contributed by atoms with Crippen molar-refractivity contribution < 1.29 is 4.74 Å². The lowest BCUT2D eigenvalue weighted by atomic mass is 9.90. The predicted octanol–water partition coefficient (Wildman–Crippen LogP) is 5.40. The molecule has 1 unspecified atom stereocenters. The number of thiophene rings is 1. The van der Waals surface area contributed by atoms with Crippen molar-refractivity contribution in [2.45, 2.75) is 82.2 Å². The molecule has 6 heteroatoms. The van der Waals surface area contributed by atoms with Crippen LogP contribution in [0.5, 0.6) is 0 Å². The van der Waals surface area contributed by atoms with Crippen molar-refractivity contribution >= 4 is 39.1 Å². The summed E-state index contributed by atoms with van der Waals surface area (Å²) in [4.78, 5) is 12.1. The number of ether oxygens (including phenoxy) is 1. The average molecular weight is 378 g/mol. The van der Waals surface area contributed by atoms with E-state index in [2.05, 4.69) is 25.4 Å². The van der Waals surface area contributed by atoms with Gasteiger partial charge in [-0.25, -0.2) is 9.97 Å². The van der Waals surface area contributed by atoms with Crippen molar-refractivity contribution in [2.75, 3.05) is 11.6 Å². The molecule has 2 aromatic rings. The molecule has 1 aliphatic carbocycles. The molecule has 3 heterocycles. The van der Waals surface area contributed by atoms with Crippen LogP contribution in [-0.4, -0.2) is 27.9 Å². The molecule has 2 aliphatic rings. The first-order valence-corrected chi connectivity index (χ1v) is 11.4. The average Bonchev–Trinajstić information content (AvgIpc) is 3.00. The Morgan fingerprint density at radius 1 is 1.28 bits per heavy atom. The Kier molecular flexibility index (Phi) is 4.95. The van der Waals surface area contributed by atoms with E-state index in [4.69, 9.17) is 14.7 Å². The zero-order chi connectivity index (χ0) is 17.4. The van der Waals surface area contributed by atoms with Crippen molar-refractivity contribution in [1.29, 1.82) is 0 Å². The Morgan fingerprint density at radius 2 is 2.08 bits per heavy atom. The molecule has 1 aliphatic heterocycles. The minimum Gasteiger partial charge on any atom is -0.369 e. The molecule has 0 radical (unpaired) electrons. The Balaban J connectivity index is 1.78. The summed E-state index contributed by atoms with van der Waals surface area (Å²) >= 11 is 3.41. The lowest BCUT2D eigenvalue weighted by molar-refractivity contribution is -0.0542. The van der Waals surface area contributed by atoms with Crippen LogP contribution in [0.1, 0.15) is 62.8 Å². The van der Waals surface area contributed by atoms with E-state index in [0.717, 1.165) is 28.6 Å². The number of rotatable bonds is 4. The van der Waals surface area contributed by atoms with Crippen LogP contribution in [0.15, 0.2) is 5.16 Å². The van der Waals surface area contributed by atoms with Gasteiger partial charge in [-0.15, -0.1) is 11.3 Å². The van der Waals surface area contributed by atoms with E-state index in [9.17, 15) is 0 Å². The quantitative estimate of drug-likeness (QED) is 0.571. The highest BCUT2D eigenvalue weighted by atomic mass is 32.2. The van der Waals surface area contributed by atoms with E-state index < -0.39 is 0 Å². The maximum Gasteiger partial charge on any atom is 0.190 e. The summed E-state index contributed by atoms with van der Waals surface area (Å²) in [6.45, 7) is 5.14. The fourth-order valence-corrected chi connectivity index (χ4v) is 5.44. The third-order valence-corrected chi connectivity index (χ3v) is 7.34. The lowest BCUT2D eigenvalue weighted by Gasteiger charge is -2.33. The molecule has 4 rings (SSSR count). The Bertz CT molecular complexity index is 770. The monoisotopic (exact) mass is 377 g/mol. The van der Waals surface area contributed by atoms with Gasteiger partial charge in [-0.3, -0.25) is 0 Å². The second-order valence-corrected chi connectivity index (χ2v) is 9.35. The van der Waals surface area contributed by atoms with Crippen molar-refractivity contribution in [1.82, 2.24) is 9.97 Å². The molecule has 0 amide bonds. The van der Waals surface area contributed by atoms with Crippen LogP contribution in [0.4, 0.5) is 5.82 Å². The second kappa shape index (κ2) is 7.05. The summed E-state index contributed by atoms with van der Waals surface area (Å²) in [5, 5.41) is 5.90. The van der Waals surface area contributed by atoms with Crippen LogP contribution in [0.3, 0.4) is 0 Å². The summed E-state index contributed by atoms with van der Waals surface area (Å²) in [5.74, 6) is 1.05. The van der Waals surface area contributed by atoms with E-state index in [1.807, 2.05) is 0 Å². The number of anilines is 1. The molecule has 0 saturated heterocycles. The zero-order valence-corrected chi connectivity index (χ0v) is 17.0. The topological polar surface area (TPSA) is 47.0 Å². The fraction of sp³-hybridized carbons (Fsp3) is 0.684. The third kappa shape index (κ3) is 3.40. The van der Waals surface area contributed by atoms with Gasteiger partial charge in [0.25, 0.3) is 0 Å². The van der Waals surface area contributed by atoms with Gasteiger partial charge in [0.2, 0.25) is 0 Å². The predicted molar refractivity (Wildman–Crippen MR) is 107 cm³/mol. The SMILES string of the molecule is CCC1(C)Cc2c(sc3nc(SC)nc(NC4CCCCC4)c23)CO1. The molecule has 0 bridgehead atoms. The number of thioether (sulfide) groups is 1. The molecule has 1 saturated carbocycles. The van der Waals surface area contributed by atoms with E-state index >= 15 is 0 Å². The largest absolute Gasteiger partial charge is 0.369 e. The van der Waals surface area contributed by atoms with Gasteiger partial charge < -0.3 is 10.1 Å². The third-order valence-electron chi connectivity index (χ3n) is 5.69. The molecule has 0 aromatic carbocycles. The van der Waals surface area contributed by atoms with Gasteiger partial charge in [0.15, 0.2) is 5.16 Å². The normalized spacial score (nSPS) is 24.4. The highest BCUT2D eigenvalue weighted by molar-refractivity contribution is 7.98. The second-order valence-electron chi connectivity index (χ2n) is 7.49. The first kappa shape index (κ1) is 17.6. The van der Waals surface area contributed by atoms with Gasteiger partial charge in [0, 0.05) is 17.3 Å². The standard InChI is InChI=1S/C19H27N3OS2/c1-4-19(2)10-13-14(11-23-19)25-17-15(13)16(21-18(22-17)24-3)20-12-8-6-5-7-9-12/h12H,4-11H2,1-3H3,(H,20,21,22). The van der Waals surface area contributed by atoms with E-state index in [-0.39, 0.29) is 5.60 Å². The summed E-state index contributed by atoms with van der Waals surface area (Å²) in [7, 11) is 0. The highest BCUT2D eigenvalue weighted by Gasteiger charge is 2.33. The number of fused-ring (bicyclic) bond motifs is 3. The van der Waals surface area contributed by atoms with Crippen LogP contribution >= 0.6 is 23.1 Å². The van der Waals surface area contributed by atoms with E-state index in [1.54, 1.807) is 23.1 Å². The molecule has 1 N–H and O–H groups in total. The molecular weight excluding hydrogens is 350 g/mol. The summed E-state index contributed by atoms with van der Waals surface area (Å²) in [5.41, 5.74) is 1.35. The molecular formula is C19H27N3OS2. The molecule has 0 spiro atoms. The minimum atomic E-state index is -0.0682. The Labute approximate surface area is 158 Å². The molecule has 4 nitrogen and oxygen atoms in total. The molecule has 2 aromatic heterocycles. The molecule has 1 atom stereocenters. The Hall–Kier alpha value is -0.850. The van der Waals surface area contributed by atoms with Gasteiger partial charge in [-0.2, -0.15) is 0 Å². The maximum absolute atomic E-state index is 6.15. The van der Waals surface area contributed by atoms with E-state index in [1.165, 1.54) is 47.9 Å². The van der Waals surface area contributed by atoms with Gasteiger partial charge in [0.1, 0.15) is 10.6 Å². The smallest absolute Gasteiger partial charge is 0.190 e. The number of nitrogens with one attached hydrogen (secondary N) is 1. The first-order chi connectivity index (χ1) is 12.1. The van der Waals surface area contributed by atoms with Crippen LogP contribution in [0.2, 0.25) is 0 Å². The Morgan fingerprint density at radius 3 is 2.80 bits per heavy atom. The molecule has 136 valence electrons. The molecule has 25 heavy (non-hydrogen) atoms. The van der Waals surface area contributed by atoms with Crippen molar-refractivity contribution in [3.63, 3.8) is 0 Å². The molecule has 1 fully saturated rings.